The van der Waals surface area contributed by atoms with Crippen LogP contribution in [-0.2, 0) is 13.3 Å². The summed E-state index contributed by atoms with van der Waals surface area (Å²) in [5.74, 6) is 1.88. The molecule has 15 heavy (non-hydrogen) atoms. The average molecular weight is 234 g/mol. The van der Waals surface area contributed by atoms with Gasteiger partial charge in [0.1, 0.15) is 0 Å². The van der Waals surface area contributed by atoms with Crippen molar-refractivity contribution in [3.63, 3.8) is 0 Å². The first-order valence-corrected chi connectivity index (χ1v) is 7.51. The molecule has 4 heteroatoms. The van der Waals surface area contributed by atoms with Crippen molar-refractivity contribution in [2.75, 3.05) is 21.3 Å². The van der Waals surface area contributed by atoms with Gasteiger partial charge in [0.05, 0.1) is 0 Å². The van der Waals surface area contributed by atoms with E-state index in [1.165, 1.54) is 0 Å². The molecule has 0 radical (unpaired) electrons. The van der Waals surface area contributed by atoms with Crippen molar-refractivity contribution in [1.29, 1.82) is 0 Å². The SMILES string of the molecule is CO[Si](CC(C)C(C)C(C)C)(OC)OC. The van der Waals surface area contributed by atoms with Gasteiger partial charge >= 0.3 is 8.80 Å². The van der Waals surface area contributed by atoms with Crippen LogP contribution < -0.4 is 0 Å². The van der Waals surface area contributed by atoms with Crippen molar-refractivity contribution in [2.45, 2.75) is 33.7 Å². The molecular weight excluding hydrogens is 208 g/mol. The van der Waals surface area contributed by atoms with E-state index in [4.69, 9.17) is 13.3 Å². The molecule has 2 unspecified atom stereocenters. The summed E-state index contributed by atoms with van der Waals surface area (Å²) in [4.78, 5) is 0. The maximum absolute atomic E-state index is 5.43. The van der Waals surface area contributed by atoms with E-state index in [1.807, 2.05) is 0 Å². The molecule has 2 atom stereocenters. The Labute approximate surface area is 95.5 Å². The van der Waals surface area contributed by atoms with Gasteiger partial charge in [0.15, 0.2) is 0 Å². The van der Waals surface area contributed by atoms with Gasteiger partial charge in [0.2, 0.25) is 0 Å². The first-order valence-electron chi connectivity index (χ1n) is 5.57. The van der Waals surface area contributed by atoms with Crippen LogP contribution >= 0.6 is 0 Å². The van der Waals surface area contributed by atoms with Crippen molar-refractivity contribution >= 4 is 8.80 Å². The normalized spacial score (nSPS) is 16.8. The Morgan fingerprint density at radius 2 is 1.27 bits per heavy atom. The second-order valence-electron chi connectivity index (χ2n) is 4.58. The molecule has 0 fully saturated rings. The van der Waals surface area contributed by atoms with Crippen LogP contribution in [0, 0.1) is 17.8 Å². The van der Waals surface area contributed by atoms with Crippen LogP contribution in [-0.4, -0.2) is 30.1 Å². The maximum atomic E-state index is 5.43. The monoisotopic (exact) mass is 234 g/mol. The smallest absolute Gasteiger partial charge is 0.377 e. The first kappa shape index (κ1) is 15.1. The minimum Gasteiger partial charge on any atom is -0.377 e. The average Bonchev–Trinajstić information content (AvgIpc) is 2.24. The van der Waals surface area contributed by atoms with E-state index in [-0.39, 0.29) is 0 Å². The van der Waals surface area contributed by atoms with Crippen molar-refractivity contribution in [1.82, 2.24) is 0 Å². The van der Waals surface area contributed by atoms with Gasteiger partial charge in [-0.1, -0.05) is 27.7 Å². The number of hydrogen-bond acceptors (Lipinski definition) is 3. The minimum atomic E-state index is -2.39. The fourth-order valence-corrected chi connectivity index (χ4v) is 3.90. The Balaban J connectivity index is 4.40. The van der Waals surface area contributed by atoms with Gasteiger partial charge in [-0.05, 0) is 17.8 Å². The molecule has 0 aliphatic carbocycles. The Morgan fingerprint density at radius 3 is 1.53 bits per heavy atom. The van der Waals surface area contributed by atoms with E-state index in [0.717, 1.165) is 6.04 Å². The van der Waals surface area contributed by atoms with E-state index >= 15 is 0 Å². The van der Waals surface area contributed by atoms with Crippen molar-refractivity contribution in [3.8, 4) is 0 Å². The lowest BCUT2D eigenvalue weighted by Gasteiger charge is -2.31. The number of hydrogen-bond donors (Lipinski definition) is 0. The quantitative estimate of drug-likeness (QED) is 0.634. The third kappa shape index (κ3) is 4.22. The molecule has 0 aromatic rings. The zero-order valence-electron chi connectivity index (χ0n) is 11.2. The Bertz CT molecular complexity index is 161. The molecule has 0 saturated carbocycles. The lowest BCUT2D eigenvalue weighted by molar-refractivity contribution is 0.113. The van der Waals surface area contributed by atoms with Crippen LogP contribution in [0.25, 0.3) is 0 Å². The predicted octanol–water partition coefficient (Wildman–Crippen LogP) is 2.79. The van der Waals surface area contributed by atoms with Crippen molar-refractivity contribution < 1.29 is 13.3 Å². The molecule has 3 nitrogen and oxygen atoms in total. The van der Waals surface area contributed by atoms with Gasteiger partial charge < -0.3 is 13.3 Å². The fourth-order valence-electron chi connectivity index (χ4n) is 1.74. The van der Waals surface area contributed by atoms with Crippen LogP contribution in [0.2, 0.25) is 6.04 Å². The Kier molecular flexibility index (Phi) is 6.67. The second-order valence-corrected chi connectivity index (χ2v) is 7.58. The van der Waals surface area contributed by atoms with Gasteiger partial charge in [-0.2, -0.15) is 0 Å². The summed E-state index contributed by atoms with van der Waals surface area (Å²) in [6.45, 7) is 9.01. The van der Waals surface area contributed by atoms with Gasteiger partial charge in [-0.25, -0.2) is 0 Å². The van der Waals surface area contributed by atoms with Gasteiger partial charge in [-0.3, -0.25) is 0 Å². The zero-order valence-corrected chi connectivity index (χ0v) is 12.2. The lowest BCUT2D eigenvalue weighted by Crippen LogP contribution is -2.45. The Morgan fingerprint density at radius 1 is 0.867 bits per heavy atom. The molecule has 0 aromatic heterocycles. The molecule has 0 spiro atoms. The second kappa shape index (κ2) is 6.63. The molecular formula is C11H26O3Si. The van der Waals surface area contributed by atoms with E-state index in [0.29, 0.717) is 17.8 Å². The summed E-state index contributed by atoms with van der Waals surface area (Å²) in [5.41, 5.74) is 0. The van der Waals surface area contributed by atoms with E-state index < -0.39 is 8.80 Å². The van der Waals surface area contributed by atoms with E-state index in [9.17, 15) is 0 Å². The molecule has 0 rings (SSSR count). The van der Waals surface area contributed by atoms with Crippen LogP contribution in [0.1, 0.15) is 27.7 Å². The zero-order chi connectivity index (χ0) is 12.1. The molecule has 0 N–H and O–H groups in total. The summed E-state index contributed by atoms with van der Waals surface area (Å²) >= 11 is 0. The van der Waals surface area contributed by atoms with Crippen LogP contribution in [0.15, 0.2) is 0 Å². The molecule has 0 aliphatic heterocycles. The third-order valence-corrected chi connectivity index (χ3v) is 6.46. The van der Waals surface area contributed by atoms with Crippen molar-refractivity contribution in [3.05, 3.63) is 0 Å². The van der Waals surface area contributed by atoms with E-state index in [1.54, 1.807) is 21.3 Å². The summed E-state index contributed by atoms with van der Waals surface area (Å²) in [6, 6.07) is 0.885. The highest BCUT2D eigenvalue weighted by molar-refractivity contribution is 6.60. The lowest BCUT2D eigenvalue weighted by atomic mass is 9.87. The van der Waals surface area contributed by atoms with Crippen LogP contribution in [0.5, 0.6) is 0 Å². The summed E-state index contributed by atoms with van der Waals surface area (Å²) in [5, 5.41) is 0. The molecule has 0 heterocycles. The molecule has 0 amide bonds. The Hall–Kier alpha value is 0.0969. The molecule has 0 bridgehead atoms. The highest BCUT2D eigenvalue weighted by Crippen LogP contribution is 2.28. The van der Waals surface area contributed by atoms with Gasteiger partial charge in [0.25, 0.3) is 0 Å². The summed E-state index contributed by atoms with van der Waals surface area (Å²) in [7, 11) is 2.63. The topological polar surface area (TPSA) is 27.7 Å². The van der Waals surface area contributed by atoms with Gasteiger partial charge in [0, 0.05) is 27.4 Å². The molecule has 0 saturated heterocycles. The molecule has 0 aromatic carbocycles. The van der Waals surface area contributed by atoms with Crippen LogP contribution in [0.3, 0.4) is 0 Å². The fraction of sp³-hybridized carbons (Fsp3) is 1.00. The third-order valence-electron chi connectivity index (χ3n) is 3.45. The highest BCUT2D eigenvalue weighted by atomic mass is 28.4. The predicted molar refractivity (Wildman–Crippen MR) is 64.8 cm³/mol. The maximum Gasteiger partial charge on any atom is 0.500 e. The minimum absolute atomic E-state index is 0.552. The summed E-state index contributed by atoms with van der Waals surface area (Å²) in [6.07, 6.45) is 0. The highest BCUT2D eigenvalue weighted by Gasteiger charge is 2.40. The van der Waals surface area contributed by atoms with Crippen molar-refractivity contribution in [2.24, 2.45) is 17.8 Å². The largest absolute Gasteiger partial charge is 0.500 e. The first-order chi connectivity index (χ1) is 6.92. The summed E-state index contributed by atoms with van der Waals surface area (Å²) < 4.78 is 16.3. The molecule has 92 valence electrons. The van der Waals surface area contributed by atoms with Gasteiger partial charge in [-0.15, -0.1) is 0 Å². The molecule has 0 aliphatic rings. The standard InChI is InChI=1S/C11H26O3Si/c1-9(2)11(4)10(3)8-15(12-5,13-6)14-7/h9-11H,8H2,1-7H3. The van der Waals surface area contributed by atoms with Crippen LogP contribution in [0.4, 0.5) is 0 Å². The van der Waals surface area contributed by atoms with E-state index in [2.05, 4.69) is 27.7 Å². The number of rotatable bonds is 7.